The molecule has 9 nitrogen and oxygen atoms in total. The van der Waals surface area contributed by atoms with Crippen molar-refractivity contribution in [3.8, 4) is 0 Å². The number of quaternary nitrogens is 1. The first-order chi connectivity index (χ1) is 13.6. The Bertz CT molecular complexity index is 910. The van der Waals surface area contributed by atoms with Gasteiger partial charge in [-0.3, -0.25) is 20.4 Å². The van der Waals surface area contributed by atoms with Gasteiger partial charge in [0.05, 0.1) is 31.7 Å². The molecule has 1 fully saturated rings. The number of hydrogen-bond donors (Lipinski definition) is 4. The van der Waals surface area contributed by atoms with Gasteiger partial charge in [0.25, 0.3) is 11.5 Å². The molecule has 3 rings (SSSR count). The van der Waals surface area contributed by atoms with Crippen molar-refractivity contribution >= 4 is 34.0 Å². The molecule has 0 aliphatic carbocycles. The summed E-state index contributed by atoms with van der Waals surface area (Å²) in [7, 11) is 0. The minimum Gasteiger partial charge on any atom is -0.370 e. The Morgan fingerprint density at radius 1 is 1.25 bits per heavy atom. The number of rotatable bonds is 5. The number of aromatic nitrogens is 2. The summed E-state index contributed by atoms with van der Waals surface area (Å²) in [6, 6.07) is 6.93. The molecule has 1 amide bonds. The smallest absolute Gasteiger partial charge is 0.290 e. The van der Waals surface area contributed by atoms with Crippen LogP contribution in [0.4, 0.5) is 0 Å². The van der Waals surface area contributed by atoms with Crippen LogP contribution in [0.3, 0.4) is 0 Å². The molecular formula is C18H25N6O3S+. The van der Waals surface area contributed by atoms with Crippen molar-refractivity contribution in [2.24, 2.45) is 0 Å². The summed E-state index contributed by atoms with van der Waals surface area (Å²) in [5.41, 5.74) is 5.20. The van der Waals surface area contributed by atoms with E-state index in [1.165, 1.54) is 9.58 Å². The second-order valence-electron chi connectivity index (χ2n) is 6.46. The van der Waals surface area contributed by atoms with Gasteiger partial charge in [-0.25, -0.2) is 4.68 Å². The summed E-state index contributed by atoms with van der Waals surface area (Å²) in [5, 5.41) is 8.56. The number of nitrogens with zero attached hydrogens (tertiary/aromatic N) is 2. The number of fused-ring (bicyclic) bond motifs is 1. The number of nitrogens with one attached hydrogen (secondary N) is 4. The second-order valence-corrected chi connectivity index (χ2v) is 6.87. The molecule has 10 heteroatoms. The van der Waals surface area contributed by atoms with Crippen molar-refractivity contribution < 1.29 is 14.4 Å². The topological polar surface area (TPSA) is 102 Å². The molecule has 1 aliphatic heterocycles. The third-order valence-corrected chi connectivity index (χ3v) is 4.88. The molecule has 2 aromatic rings. The number of amides is 1. The molecule has 0 bridgehead atoms. The van der Waals surface area contributed by atoms with Crippen LogP contribution in [0, 0.1) is 0 Å². The molecule has 1 saturated heterocycles. The number of hydrazine groups is 1. The summed E-state index contributed by atoms with van der Waals surface area (Å²) in [4.78, 5) is 26.4. The molecule has 0 radical (unpaired) electrons. The number of hydrogen-bond acceptors (Lipinski definition) is 5. The molecule has 0 unspecified atom stereocenters. The molecule has 1 aromatic heterocycles. The maximum atomic E-state index is 12.6. The monoisotopic (exact) mass is 405 g/mol. The molecule has 28 heavy (non-hydrogen) atoms. The fraction of sp³-hybridized carbons (Fsp3) is 0.444. The average Bonchev–Trinajstić information content (AvgIpc) is 2.73. The van der Waals surface area contributed by atoms with E-state index in [1.807, 2.05) is 0 Å². The van der Waals surface area contributed by atoms with Crippen LogP contribution in [-0.4, -0.2) is 60.2 Å². The second kappa shape index (κ2) is 9.58. The summed E-state index contributed by atoms with van der Waals surface area (Å²) in [6.45, 7) is 7.35. The van der Waals surface area contributed by atoms with E-state index >= 15 is 0 Å². The lowest BCUT2D eigenvalue weighted by Crippen LogP contribution is -3.14. The molecule has 0 spiro atoms. The summed E-state index contributed by atoms with van der Waals surface area (Å²) < 4.78 is 6.61. The van der Waals surface area contributed by atoms with Gasteiger partial charge in [0.2, 0.25) is 0 Å². The standard InChI is InChI=1S/C18H24N6O3S/c1-2-24-17(26)14-6-4-3-5-13(14)15(22-24)16(25)20-21-18(28)19-7-8-23-9-11-27-12-10-23/h3-6H,2,7-12H2,1H3,(H,20,25)(H2,19,21,28)/p+1. The zero-order valence-corrected chi connectivity index (χ0v) is 16.6. The van der Waals surface area contributed by atoms with Gasteiger partial charge in [0.1, 0.15) is 13.1 Å². The van der Waals surface area contributed by atoms with E-state index in [2.05, 4.69) is 21.3 Å². The number of ether oxygens (including phenoxy) is 1. The lowest BCUT2D eigenvalue weighted by atomic mass is 10.1. The fourth-order valence-corrected chi connectivity index (χ4v) is 3.25. The lowest BCUT2D eigenvalue weighted by Gasteiger charge is -2.24. The first-order valence-electron chi connectivity index (χ1n) is 9.35. The van der Waals surface area contributed by atoms with Gasteiger partial charge in [0.15, 0.2) is 10.8 Å². The van der Waals surface area contributed by atoms with Gasteiger partial charge >= 0.3 is 0 Å². The summed E-state index contributed by atoms with van der Waals surface area (Å²) >= 11 is 5.21. The number of carbonyl (C=O) groups excluding carboxylic acids is 1. The highest BCUT2D eigenvalue weighted by atomic mass is 32.1. The van der Waals surface area contributed by atoms with E-state index in [0.29, 0.717) is 29.0 Å². The van der Waals surface area contributed by atoms with Crippen molar-refractivity contribution in [1.29, 1.82) is 0 Å². The van der Waals surface area contributed by atoms with E-state index < -0.39 is 5.91 Å². The Morgan fingerprint density at radius 2 is 1.96 bits per heavy atom. The first-order valence-corrected chi connectivity index (χ1v) is 9.76. The van der Waals surface area contributed by atoms with Crippen molar-refractivity contribution in [2.75, 3.05) is 39.4 Å². The normalized spacial score (nSPS) is 14.6. The summed E-state index contributed by atoms with van der Waals surface area (Å²) in [5.74, 6) is -0.457. The molecule has 150 valence electrons. The lowest BCUT2D eigenvalue weighted by molar-refractivity contribution is -0.906. The maximum absolute atomic E-state index is 12.6. The van der Waals surface area contributed by atoms with Crippen molar-refractivity contribution in [3.63, 3.8) is 0 Å². The SMILES string of the molecule is CCn1nc(C(=O)NNC(=S)NCC[NH+]2CCOCC2)c2ccccc2c1=O. The summed E-state index contributed by atoms with van der Waals surface area (Å²) in [6.07, 6.45) is 0. The predicted molar refractivity (Wildman–Crippen MR) is 109 cm³/mol. The molecule has 1 aromatic carbocycles. The molecular weight excluding hydrogens is 380 g/mol. The van der Waals surface area contributed by atoms with Gasteiger partial charge in [0, 0.05) is 11.9 Å². The van der Waals surface area contributed by atoms with Gasteiger partial charge in [-0.2, -0.15) is 5.10 Å². The van der Waals surface area contributed by atoms with Crippen LogP contribution in [-0.2, 0) is 11.3 Å². The first kappa shape index (κ1) is 20.2. The molecule has 0 saturated carbocycles. The quantitative estimate of drug-likeness (QED) is 0.353. The van der Waals surface area contributed by atoms with Crippen LogP contribution >= 0.6 is 12.2 Å². The number of carbonyl (C=O) groups is 1. The van der Waals surface area contributed by atoms with Crippen LogP contribution in [0.1, 0.15) is 17.4 Å². The highest BCUT2D eigenvalue weighted by molar-refractivity contribution is 7.80. The minimum atomic E-state index is -0.457. The number of morpholine rings is 1. The van der Waals surface area contributed by atoms with Crippen LogP contribution in [0.2, 0.25) is 0 Å². The van der Waals surface area contributed by atoms with E-state index in [0.717, 1.165) is 32.8 Å². The average molecular weight is 406 g/mol. The van der Waals surface area contributed by atoms with Crippen molar-refractivity contribution in [1.82, 2.24) is 25.9 Å². The Labute approximate surface area is 168 Å². The van der Waals surface area contributed by atoms with E-state index in [4.69, 9.17) is 17.0 Å². The molecule has 2 heterocycles. The minimum absolute atomic E-state index is 0.171. The zero-order chi connectivity index (χ0) is 19.9. The van der Waals surface area contributed by atoms with Crippen LogP contribution < -0.4 is 26.6 Å². The number of aryl methyl sites for hydroxylation is 1. The maximum Gasteiger partial charge on any atom is 0.290 e. The molecule has 0 atom stereocenters. The molecule has 4 N–H and O–H groups in total. The van der Waals surface area contributed by atoms with Crippen molar-refractivity contribution in [3.05, 3.63) is 40.3 Å². The zero-order valence-electron chi connectivity index (χ0n) is 15.8. The van der Waals surface area contributed by atoms with Gasteiger partial charge in [-0.15, -0.1) is 0 Å². The predicted octanol–water partition coefficient (Wildman–Crippen LogP) is -1.56. The van der Waals surface area contributed by atoms with E-state index in [9.17, 15) is 9.59 Å². The van der Waals surface area contributed by atoms with Crippen LogP contribution in [0.15, 0.2) is 29.1 Å². The van der Waals surface area contributed by atoms with Crippen LogP contribution in [0.25, 0.3) is 10.8 Å². The van der Waals surface area contributed by atoms with Gasteiger partial charge in [-0.05, 0) is 25.2 Å². The van der Waals surface area contributed by atoms with E-state index in [-0.39, 0.29) is 11.3 Å². The molecule has 1 aliphatic rings. The Morgan fingerprint density at radius 3 is 2.68 bits per heavy atom. The number of benzene rings is 1. The van der Waals surface area contributed by atoms with E-state index in [1.54, 1.807) is 31.2 Å². The number of thiocarbonyl (C=S) groups is 1. The largest absolute Gasteiger partial charge is 0.370 e. The van der Waals surface area contributed by atoms with Gasteiger partial charge < -0.3 is 15.0 Å². The van der Waals surface area contributed by atoms with Crippen molar-refractivity contribution in [2.45, 2.75) is 13.5 Å². The Hall–Kier alpha value is -2.56. The Balaban J connectivity index is 1.58. The fourth-order valence-electron chi connectivity index (χ4n) is 3.10. The highest BCUT2D eigenvalue weighted by Gasteiger charge is 2.17. The third-order valence-electron chi connectivity index (χ3n) is 4.64. The van der Waals surface area contributed by atoms with Crippen LogP contribution in [0.5, 0.6) is 0 Å². The van der Waals surface area contributed by atoms with Gasteiger partial charge in [-0.1, -0.05) is 18.2 Å². The Kier molecular flexibility index (Phi) is 6.90. The highest BCUT2D eigenvalue weighted by Crippen LogP contribution is 2.12. The third kappa shape index (κ3) is 4.83.